The van der Waals surface area contributed by atoms with Crippen LogP contribution >= 0.6 is 0 Å². The predicted octanol–water partition coefficient (Wildman–Crippen LogP) is 6.25. The average molecular weight is 428 g/mol. The molecule has 164 valence electrons. The van der Waals surface area contributed by atoms with Crippen molar-refractivity contribution in [2.45, 2.75) is 40.5 Å². The summed E-state index contributed by atoms with van der Waals surface area (Å²) in [5, 5.41) is 2.69. The Morgan fingerprint density at radius 3 is 2.17 bits per heavy atom. The van der Waals surface area contributed by atoms with Crippen LogP contribution in [0.25, 0.3) is 10.4 Å². The van der Waals surface area contributed by atoms with E-state index in [0.717, 1.165) is 16.0 Å². The van der Waals surface area contributed by atoms with E-state index < -0.39 is 34.6 Å². The first kappa shape index (κ1) is 25.0. The highest BCUT2D eigenvalue weighted by atomic mass is 19.2. The lowest BCUT2D eigenvalue weighted by atomic mass is 10.1. The number of benzene rings is 1. The minimum Gasteiger partial charge on any atom is -0.462 e. The van der Waals surface area contributed by atoms with Crippen molar-refractivity contribution in [1.29, 1.82) is 0 Å². The van der Waals surface area contributed by atoms with Gasteiger partial charge < -0.3 is 9.64 Å². The zero-order valence-electron chi connectivity index (χ0n) is 17.3. The van der Waals surface area contributed by atoms with Crippen molar-refractivity contribution < 1.29 is 27.1 Å². The number of hydrogen-bond donors (Lipinski definition) is 0. The number of hydrogen-bond acceptors (Lipinski definition) is 4. The highest BCUT2D eigenvalue weighted by molar-refractivity contribution is 5.66. The van der Waals surface area contributed by atoms with Crippen molar-refractivity contribution in [3.63, 3.8) is 0 Å². The third-order valence-corrected chi connectivity index (χ3v) is 4.25. The summed E-state index contributed by atoms with van der Waals surface area (Å²) >= 11 is 0. The van der Waals surface area contributed by atoms with E-state index in [9.17, 15) is 22.4 Å². The van der Waals surface area contributed by atoms with Gasteiger partial charge in [0, 0.05) is 24.9 Å². The van der Waals surface area contributed by atoms with Gasteiger partial charge in [0.05, 0.1) is 0 Å². The first-order valence-electron chi connectivity index (χ1n) is 9.24. The SMILES string of the molecule is CCN(C/C(C)=C/CC/C(C)=C/COC(C)=O)c1c(F)c(F)c(N=[N+]=[N-])c(F)c1F. The number of carbonyl (C=O) groups excluding carboxylic acids is 1. The van der Waals surface area contributed by atoms with Crippen molar-refractivity contribution >= 4 is 17.3 Å². The molecule has 0 spiro atoms. The standard InChI is InChI=1S/C20H24F4N4O2/c1-5-28(11-13(3)8-6-7-12(2)9-10-30-14(4)29)20-17(23)15(21)19(26-27-25)16(22)18(20)24/h8-9H,5-7,10-11H2,1-4H3/b12-9+,13-8+. The Balaban J connectivity index is 2.95. The smallest absolute Gasteiger partial charge is 0.302 e. The number of carbonyl (C=O) groups is 1. The van der Waals surface area contributed by atoms with Crippen LogP contribution in [0.5, 0.6) is 0 Å². The molecular formula is C20H24F4N4O2. The van der Waals surface area contributed by atoms with Crippen molar-refractivity contribution in [3.8, 4) is 0 Å². The summed E-state index contributed by atoms with van der Waals surface area (Å²) in [7, 11) is 0. The van der Waals surface area contributed by atoms with Crippen LogP contribution in [0.4, 0.5) is 28.9 Å². The summed E-state index contributed by atoms with van der Waals surface area (Å²) in [6.45, 7) is 6.84. The van der Waals surface area contributed by atoms with Crippen LogP contribution in [0.1, 0.15) is 40.5 Å². The molecule has 1 rings (SSSR count). The van der Waals surface area contributed by atoms with Gasteiger partial charge in [0.2, 0.25) is 0 Å². The monoisotopic (exact) mass is 428 g/mol. The van der Waals surface area contributed by atoms with Crippen LogP contribution in [-0.4, -0.2) is 25.7 Å². The fraction of sp³-hybridized carbons (Fsp3) is 0.450. The molecule has 30 heavy (non-hydrogen) atoms. The molecule has 0 bridgehead atoms. The molecule has 0 aliphatic rings. The number of likely N-dealkylation sites (N-methyl/N-ethyl adjacent to an activating group) is 1. The number of nitrogens with zero attached hydrogens (tertiary/aromatic N) is 4. The second kappa shape index (κ2) is 11.9. The van der Waals surface area contributed by atoms with Gasteiger partial charge in [-0.1, -0.05) is 22.3 Å². The first-order valence-corrected chi connectivity index (χ1v) is 9.24. The number of ether oxygens (including phenoxy) is 1. The summed E-state index contributed by atoms with van der Waals surface area (Å²) in [6.07, 6.45) is 4.93. The van der Waals surface area contributed by atoms with E-state index in [-0.39, 0.29) is 25.7 Å². The third-order valence-electron chi connectivity index (χ3n) is 4.25. The Hall–Kier alpha value is -3.00. The summed E-state index contributed by atoms with van der Waals surface area (Å²) in [5.41, 5.74) is 7.88. The van der Waals surface area contributed by atoms with Gasteiger partial charge in [-0.05, 0) is 45.2 Å². The second-order valence-electron chi connectivity index (χ2n) is 6.60. The number of allylic oxidation sites excluding steroid dienone is 2. The maximum atomic E-state index is 14.4. The van der Waals surface area contributed by atoms with Crippen molar-refractivity contribution in [2.24, 2.45) is 5.11 Å². The molecule has 6 nitrogen and oxygen atoms in total. The van der Waals surface area contributed by atoms with E-state index in [1.165, 1.54) is 6.92 Å². The first-order chi connectivity index (χ1) is 14.1. The van der Waals surface area contributed by atoms with Crippen LogP contribution in [0, 0.1) is 23.3 Å². The van der Waals surface area contributed by atoms with Crippen LogP contribution in [0.2, 0.25) is 0 Å². The van der Waals surface area contributed by atoms with Gasteiger partial charge in [0.25, 0.3) is 0 Å². The van der Waals surface area contributed by atoms with Crippen molar-refractivity contribution in [1.82, 2.24) is 0 Å². The lowest BCUT2D eigenvalue weighted by Gasteiger charge is -2.25. The lowest BCUT2D eigenvalue weighted by Crippen LogP contribution is -2.27. The molecule has 0 amide bonds. The van der Waals surface area contributed by atoms with Crippen molar-refractivity contribution in [2.75, 3.05) is 24.6 Å². The van der Waals surface area contributed by atoms with Gasteiger partial charge in [-0.15, -0.1) is 0 Å². The molecule has 1 aromatic carbocycles. The molecule has 0 radical (unpaired) electrons. The van der Waals surface area contributed by atoms with Crippen LogP contribution in [-0.2, 0) is 9.53 Å². The number of esters is 1. The molecule has 0 aromatic heterocycles. The second-order valence-corrected chi connectivity index (χ2v) is 6.60. The Morgan fingerprint density at radius 2 is 1.67 bits per heavy atom. The molecule has 0 N–H and O–H groups in total. The topological polar surface area (TPSA) is 78.3 Å². The normalized spacial score (nSPS) is 11.9. The fourth-order valence-electron chi connectivity index (χ4n) is 2.68. The third kappa shape index (κ3) is 6.81. The minimum atomic E-state index is -1.74. The Morgan fingerprint density at radius 1 is 1.07 bits per heavy atom. The van der Waals surface area contributed by atoms with Crippen LogP contribution < -0.4 is 4.90 Å². The van der Waals surface area contributed by atoms with Crippen LogP contribution in [0.3, 0.4) is 0 Å². The number of rotatable bonds is 10. The molecule has 0 aliphatic heterocycles. The van der Waals surface area contributed by atoms with Crippen LogP contribution in [0.15, 0.2) is 28.4 Å². The van der Waals surface area contributed by atoms with Gasteiger partial charge in [0.15, 0.2) is 23.3 Å². The van der Waals surface area contributed by atoms with E-state index in [1.807, 2.05) is 13.0 Å². The van der Waals surface area contributed by atoms with Crippen molar-refractivity contribution in [3.05, 3.63) is 57.0 Å². The molecule has 0 saturated heterocycles. The summed E-state index contributed by atoms with van der Waals surface area (Å²) in [5.74, 6) is -7.08. The molecule has 0 fully saturated rings. The zero-order chi connectivity index (χ0) is 22.8. The molecule has 0 unspecified atom stereocenters. The Labute approximate surface area is 172 Å². The molecule has 10 heteroatoms. The maximum Gasteiger partial charge on any atom is 0.302 e. The average Bonchev–Trinajstić information content (AvgIpc) is 2.68. The predicted molar refractivity (Wildman–Crippen MR) is 106 cm³/mol. The van der Waals surface area contributed by atoms with E-state index in [1.54, 1.807) is 19.9 Å². The highest BCUT2D eigenvalue weighted by Crippen LogP contribution is 2.35. The molecular weight excluding hydrogens is 404 g/mol. The van der Waals surface area contributed by atoms with Gasteiger partial charge in [-0.25, -0.2) is 17.6 Å². The zero-order valence-corrected chi connectivity index (χ0v) is 17.3. The molecule has 1 aromatic rings. The molecule has 0 aliphatic carbocycles. The van der Waals surface area contributed by atoms with E-state index in [0.29, 0.717) is 12.8 Å². The van der Waals surface area contributed by atoms with Gasteiger partial charge in [-0.2, -0.15) is 0 Å². The molecule has 0 heterocycles. The fourth-order valence-corrected chi connectivity index (χ4v) is 2.68. The largest absolute Gasteiger partial charge is 0.462 e. The quantitative estimate of drug-likeness (QED) is 0.0841. The lowest BCUT2D eigenvalue weighted by molar-refractivity contribution is -0.139. The Kier molecular flexibility index (Phi) is 9.91. The maximum absolute atomic E-state index is 14.4. The molecule has 0 saturated carbocycles. The number of azide groups is 1. The van der Waals surface area contributed by atoms with Gasteiger partial charge >= 0.3 is 5.97 Å². The van der Waals surface area contributed by atoms with E-state index in [4.69, 9.17) is 10.3 Å². The van der Waals surface area contributed by atoms with E-state index >= 15 is 0 Å². The number of halogens is 4. The molecule has 0 atom stereocenters. The van der Waals surface area contributed by atoms with E-state index in [2.05, 4.69) is 10.0 Å². The highest BCUT2D eigenvalue weighted by Gasteiger charge is 2.27. The van der Waals surface area contributed by atoms with Gasteiger partial charge in [0.1, 0.15) is 18.0 Å². The van der Waals surface area contributed by atoms with Gasteiger partial charge in [-0.3, -0.25) is 4.79 Å². The number of anilines is 1. The Bertz CT molecular complexity index is 864. The minimum absolute atomic E-state index is 0.0420. The summed E-state index contributed by atoms with van der Waals surface area (Å²) in [6, 6.07) is 0. The summed E-state index contributed by atoms with van der Waals surface area (Å²) < 4.78 is 61.7. The summed E-state index contributed by atoms with van der Waals surface area (Å²) in [4.78, 5) is 14.1.